The monoisotopic (exact) mass is 390 g/mol. The molecule has 1 saturated heterocycles. The smallest absolute Gasteiger partial charge is 0.223 e. The van der Waals surface area contributed by atoms with Gasteiger partial charge in [0.2, 0.25) is 5.91 Å². The van der Waals surface area contributed by atoms with Crippen molar-refractivity contribution in [2.45, 2.75) is 26.2 Å². The standard InChI is InChI=1S/C15H30N4O.3ClH/c1-2-18-8-10-19(11-9-18)7-6-17-15(20)14-5-3-4-13(14)12-16;;;/h13-14H,2-12,16H2,1H3,(H,17,20);3*1H/t13-,14-;;;/m1.../s1. The van der Waals surface area contributed by atoms with Gasteiger partial charge in [0.05, 0.1) is 0 Å². The molecule has 1 saturated carbocycles. The molecule has 8 heteroatoms. The van der Waals surface area contributed by atoms with Gasteiger partial charge >= 0.3 is 0 Å². The fraction of sp³-hybridized carbons (Fsp3) is 0.933. The third kappa shape index (κ3) is 7.76. The minimum Gasteiger partial charge on any atom is -0.355 e. The van der Waals surface area contributed by atoms with E-state index < -0.39 is 0 Å². The van der Waals surface area contributed by atoms with E-state index >= 15 is 0 Å². The average molecular weight is 392 g/mol. The minimum atomic E-state index is 0. The normalized spacial score (nSPS) is 25.0. The van der Waals surface area contributed by atoms with Crippen molar-refractivity contribution in [3.63, 3.8) is 0 Å². The SMILES string of the molecule is CCN1CCN(CCNC(=O)[C@@H]2CCC[C@@H]2CN)CC1.Cl.Cl.Cl. The molecule has 2 fully saturated rings. The Kier molecular flexibility index (Phi) is 14.9. The highest BCUT2D eigenvalue weighted by Crippen LogP contribution is 2.30. The second kappa shape index (κ2) is 13.5. The summed E-state index contributed by atoms with van der Waals surface area (Å²) in [4.78, 5) is 17.1. The number of piperazine rings is 1. The van der Waals surface area contributed by atoms with Crippen molar-refractivity contribution in [3.05, 3.63) is 0 Å². The lowest BCUT2D eigenvalue weighted by Crippen LogP contribution is -2.48. The average Bonchev–Trinajstić information content (AvgIpc) is 2.96. The van der Waals surface area contributed by atoms with E-state index in [4.69, 9.17) is 5.73 Å². The molecule has 5 nitrogen and oxygen atoms in total. The fourth-order valence-corrected chi connectivity index (χ4v) is 3.46. The highest BCUT2D eigenvalue weighted by molar-refractivity contribution is 5.86. The molecular weight excluding hydrogens is 359 g/mol. The van der Waals surface area contributed by atoms with E-state index in [2.05, 4.69) is 22.0 Å². The highest BCUT2D eigenvalue weighted by Gasteiger charge is 2.31. The number of carbonyl (C=O) groups is 1. The van der Waals surface area contributed by atoms with Gasteiger partial charge in [0, 0.05) is 45.2 Å². The van der Waals surface area contributed by atoms with Crippen LogP contribution in [0.15, 0.2) is 0 Å². The molecular formula is C15H33Cl3N4O. The van der Waals surface area contributed by atoms with Crippen LogP contribution in [0.5, 0.6) is 0 Å². The van der Waals surface area contributed by atoms with E-state index in [1.807, 2.05) is 0 Å². The van der Waals surface area contributed by atoms with Gasteiger partial charge in [0.1, 0.15) is 0 Å². The second-order valence-corrected chi connectivity index (χ2v) is 6.10. The van der Waals surface area contributed by atoms with Crippen molar-refractivity contribution in [2.24, 2.45) is 17.6 Å². The Balaban J connectivity index is 0. The summed E-state index contributed by atoms with van der Waals surface area (Å²) < 4.78 is 0. The molecule has 1 aliphatic heterocycles. The zero-order valence-electron chi connectivity index (χ0n) is 14.0. The molecule has 2 atom stereocenters. The molecule has 23 heavy (non-hydrogen) atoms. The summed E-state index contributed by atoms with van der Waals surface area (Å²) >= 11 is 0. The van der Waals surface area contributed by atoms with Crippen LogP contribution in [-0.2, 0) is 4.79 Å². The molecule has 2 aliphatic rings. The van der Waals surface area contributed by atoms with Gasteiger partial charge in [-0.15, -0.1) is 37.2 Å². The van der Waals surface area contributed by atoms with Crippen molar-refractivity contribution in [3.8, 4) is 0 Å². The molecule has 0 unspecified atom stereocenters. The number of hydrogen-bond donors (Lipinski definition) is 2. The van der Waals surface area contributed by atoms with Crippen LogP contribution in [0.2, 0.25) is 0 Å². The summed E-state index contributed by atoms with van der Waals surface area (Å²) in [5, 5.41) is 3.11. The quantitative estimate of drug-likeness (QED) is 0.718. The van der Waals surface area contributed by atoms with E-state index in [0.717, 1.165) is 65.1 Å². The van der Waals surface area contributed by atoms with Gasteiger partial charge in [-0.2, -0.15) is 0 Å². The lowest BCUT2D eigenvalue weighted by Gasteiger charge is -2.34. The fourth-order valence-electron chi connectivity index (χ4n) is 3.46. The first-order chi connectivity index (χ1) is 9.74. The molecule has 0 aromatic rings. The number of rotatable bonds is 6. The number of carbonyl (C=O) groups excluding carboxylic acids is 1. The third-order valence-electron chi connectivity index (χ3n) is 4.94. The molecule has 0 spiro atoms. The minimum absolute atomic E-state index is 0. The van der Waals surface area contributed by atoms with Gasteiger partial charge in [-0.1, -0.05) is 13.3 Å². The van der Waals surface area contributed by atoms with Crippen molar-refractivity contribution in [1.82, 2.24) is 15.1 Å². The summed E-state index contributed by atoms with van der Waals surface area (Å²) in [6.45, 7) is 10.3. The first-order valence-corrected chi connectivity index (χ1v) is 8.17. The second-order valence-electron chi connectivity index (χ2n) is 6.10. The Labute approximate surface area is 159 Å². The zero-order valence-corrected chi connectivity index (χ0v) is 16.5. The van der Waals surface area contributed by atoms with Crippen molar-refractivity contribution in [2.75, 3.05) is 52.4 Å². The van der Waals surface area contributed by atoms with Gasteiger partial charge in [-0.25, -0.2) is 0 Å². The number of nitrogens with zero attached hydrogens (tertiary/aromatic N) is 2. The van der Waals surface area contributed by atoms with Gasteiger partial charge < -0.3 is 16.0 Å². The molecule has 3 N–H and O–H groups in total. The molecule has 1 heterocycles. The first kappa shape index (κ1) is 25.5. The van der Waals surface area contributed by atoms with Gasteiger partial charge in [-0.3, -0.25) is 9.69 Å². The van der Waals surface area contributed by atoms with Crippen LogP contribution in [0, 0.1) is 11.8 Å². The maximum atomic E-state index is 12.2. The number of nitrogens with one attached hydrogen (secondary N) is 1. The Morgan fingerprint density at radius 3 is 2.26 bits per heavy atom. The van der Waals surface area contributed by atoms with E-state index in [1.165, 1.54) is 0 Å². The summed E-state index contributed by atoms with van der Waals surface area (Å²) in [5.74, 6) is 0.796. The largest absolute Gasteiger partial charge is 0.355 e. The summed E-state index contributed by atoms with van der Waals surface area (Å²) in [5.41, 5.74) is 5.74. The van der Waals surface area contributed by atoms with E-state index in [-0.39, 0.29) is 49.0 Å². The van der Waals surface area contributed by atoms with Crippen LogP contribution in [0.1, 0.15) is 26.2 Å². The Morgan fingerprint density at radius 1 is 1.09 bits per heavy atom. The van der Waals surface area contributed by atoms with Crippen LogP contribution in [-0.4, -0.2) is 68.1 Å². The Morgan fingerprint density at radius 2 is 1.70 bits per heavy atom. The molecule has 0 aromatic heterocycles. The van der Waals surface area contributed by atoms with Crippen LogP contribution in [0.25, 0.3) is 0 Å². The van der Waals surface area contributed by atoms with Gasteiger partial charge in [-0.05, 0) is 31.8 Å². The molecule has 0 radical (unpaired) electrons. The van der Waals surface area contributed by atoms with E-state index in [0.29, 0.717) is 12.5 Å². The molecule has 0 bridgehead atoms. The van der Waals surface area contributed by atoms with Crippen LogP contribution in [0.3, 0.4) is 0 Å². The predicted octanol–water partition coefficient (Wildman–Crippen LogP) is 1.38. The summed E-state index contributed by atoms with van der Waals surface area (Å²) in [6, 6.07) is 0. The van der Waals surface area contributed by atoms with Crippen molar-refractivity contribution in [1.29, 1.82) is 0 Å². The lowest BCUT2D eigenvalue weighted by atomic mass is 9.95. The number of hydrogen-bond acceptors (Lipinski definition) is 4. The number of halogens is 3. The molecule has 1 aliphatic carbocycles. The van der Waals surface area contributed by atoms with E-state index in [1.54, 1.807) is 0 Å². The first-order valence-electron chi connectivity index (χ1n) is 8.17. The molecule has 140 valence electrons. The van der Waals surface area contributed by atoms with Crippen molar-refractivity contribution < 1.29 is 4.79 Å². The Bertz CT molecular complexity index is 315. The predicted molar refractivity (Wildman–Crippen MR) is 103 cm³/mol. The highest BCUT2D eigenvalue weighted by atomic mass is 35.5. The molecule has 2 rings (SSSR count). The lowest BCUT2D eigenvalue weighted by molar-refractivity contribution is -0.126. The van der Waals surface area contributed by atoms with Crippen LogP contribution >= 0.6 is 37.2 Å². The van der Waals surface area contributed by atoms with Gasteiger partial charge in [0.25, 0.3) is 0 Å². The van der Waals surface area contributed by atoms with E-state index in [9.17, 15) is 4.79 Å². The van der Waals surface area contributed by atoms with Crippen molar-refractivity contribution >= 4 is 43.1 Å². The topological polar surface area (TPSA) is 61.6 Å². The number of likely N-dealkylation sites (N-methyl/N-ethyl adjacent to an activating group) is 1. The molecule has 1 amide bonds. The Hall–Kier alpha value is 0.220. The third-order valence-corrected chi connectivity index (χ3v) is 4.94. The maximum absolute atomic E-state index is 12.2. The zero-order chi connectivity index (χ0) is 14.4. The van der Waals surface area contributed by atoms with Crippen LogP contribution in [0.4, 0.5) is 0 Å². The number of amides is 1. The summed E-state index contributed by atoms with van der Waals surface area (Å²) in [7, 11) is 0. The van der Waals surface area contributed by atoms with Gasteiger partial charge in [0.15, 0.2) is 0 Å². The number of nitrogens with two attached hydrogens (primary N) is 1. The maximum Gasteiger partial charge on any atom is 0.223 e. The summed E-state index contributed by atoms with van der Waals surface area (Å²) in [6.07, 6.45) is 3.29. The van der Waals surface area contributed by atoms with Crippen LogP contribution < -0.4 is 11.1 Å². The molecule has 0 aromatic carbocycles.